The summed E-state index contributed by atoms with van der Waals surface area (Å²) in [7, 11) is 0. The lowest BCUT2D eigenvalue weighted by Crippen LogP contribution is -2.18. The largest absolute Gasteiger partial charge is 0.493 e. The van der Waals surface area contributed by atoms with Gasteiger partial charge in [0.2, 0.25) is 0 Å². The highest BCUT2D eigenvalue weighted by Crippen LogP contribution is 2.17. The number of hydrogen-bond donors (Lipinski definition) is 0. The van der Waals surface area contributed by atoms with Gasteiger partial charge in [0.1, 0.15) is 16.8 Å². The van der Waals surface area contributed by atoms with Crippen LogP contribution in [0, 0.1) is 5.92 Å². The third-order valence-corrected chi connectivity index (χ3v) is 3.48. The van der Waals surface area contributed by atoms with Crippen LogP contribution >= 0.6 is 11.6 Å². The van der Waals surface area contributed by atoms with Gasteiger partial charge in [0, 0.05) is 6.20 Å². The van der Waals surface area contributed by atoms with Crippen LogP contribution in [0.25, 0.3) is 0 Å². The van der Waals surface area contributed by atoms with Gasteiger partial charge in [0.25, 0.3) is 0 Å². The van der Waals surface area contributed by atoms with E-state index in [9.17, 15) is 4.79 Å². The van der Waals surface area contributed by atoms with Gasteiger partial charge in [-0.2, -0.15) is 0 Å². The number of halogens is 1. The molecule has 0 amide bonds. The second kappa shape index (κ2) is 7.95. The number of Topliss-reactive ketones (excluding diaryl/α,β-unsaturated/α-hetero) is 1. The molecule has 3 nitrogen and oxygen atoms in total. The Hall–Kier alpha value is -1.87. The van der Waals surface area contributed by atoms with Crippen LogP contribution in [-0.2, 0) is 6.42 Å². The molecule has 0 aliphatic carbocycles. The van der Waals surface area contributed by atoms with E-state index in [2.05, 4.69) is 18.8 Å². The van der Waals surface area contributed by atoms with Crippen LogP contribution in [0.15, 0.2) is 48.7 Å². The zero-order valence-electron chi connectivity index (χ0n) is 12.8. The first-order valence-electron chi connectivity index (χ1n) is 7.37. The Labute approximate surface area is 136 Å². The zero-order chi connectivity index (χ0) is 15.9. The summed E-state index contributed by atoms with van der Waals surface area (Å²) in [6.07, 6.45) is 2.07. The summed E-state index contributed by atoms with van der Waals surface area (Å²) in [5, 5.41) is -0.614. The number of ether oxygens (including phenoxy) is 1. The summed E-state index contributed by atoms with van der Waals surface area (Å²) in [5.41, 5.74) is 1.40. The molecule has 22 heavy (non-hydrogen) atoms. The lowest BCUT2D eigenvalue weighted by atomic mass is 10.1. The smallest absolute Gasteiger partial charge is 0.199 e. The Morgan fingerprint density at radius 1 is 1.18 bits per heavy atom. The molecule has 1 aromatic carbocycles. The summed E-state index contributed by atoms with van der Waals surface area (Å²) in [5.74, 6) is 1.17. The molecule has 1 atom stereocenters. The van der Waals surface area contributed by atoms with E-state index in [1.165, 1.54) is 0 Å². The molecular formula is C18H20ClNO2. The number of pyridine rings is 1. The van der Waals surface area contributed by atoms with Crippen LogP contribution in [0.1, 0.15) is 29.9 Å². The number of nitrogens with zero attached hydrogens (tertiary/aromatic N) is 1. The number of carbonyl (C=O) groups is 1. The molecule has 4 heteroatoms. The van der Waals surface area contributed by atoms with Gasteiger partial charge < -0.3 is 4.74 Å². The minimum absolute atomic E-state index is 0.151. The molecule has 1 aromatic heterocycles. The van der Waals surface area contributed by atoms with Crippen molar-refractivity contribution in [1.29, 1.82) is 0 Å². The van der Waals surface area contributed by atoms with Gasteiger partial charge >= 0.3 is 0 Å². The predicted molar refractivity (Wildman–Crippen MR) is 88.7 cm³/mol. The quantitative estimate of drug-likeness (QED) is 0.569. The maximum Gasteiger partial charge on any atom is 0.199 e. The SMILES string of the molecule is CC(C)COc1ccc(CC(Cl)C(=O)c2ccccn2)cc1. The van der Waals surface area contributed by atoms with Gasteiger partial charge in [0.15, 0.2) is 5.78 Å². The van der Waals surface area contributed by atoms with Crippen molar-refractivity contribution in [3.05, 3.63) is 59.9 Å². The van der Waals surface area contributed by atoms with Gasteiger partial charge in [0.05, 0.1) is 6.61 Å². The van der Waals surface area contributed by atoms with E-state index in [0.717, 1.165) is 11.3 Å². The predicted octanol–water partition coefficient (Wildman–Crippen LogP) is 4.15. The first-order chi connectivity index (χ1) is 10.6. The van der Waals surface area contributed by atoms with Gasteiger partial charge in [-0.15, -0.1) is 11.6 Å². The number of rotatable bonds is 7. The molecule has 2 aromatic rings. The Balaban J connectivity index is 1.94. The number of aromatic nitrogens is 1. The average molecular weight is 318 g/mol. The molecule has 116 valence electrons. The maximum atomic E-state index is 12.2. The molecule has 0 aliphatic rings. The fourth-order valence-electron chi connectivity index (χ4n) is 1.95. The lowest BCUT2D eigenvalue weighted by molar-refractivity contribution is 0.0982. The second-order valence-corrected chi connectivity index (χ2v) is 6.13. The third kappa shape index (κ3) is 4.85. The molecular weight excluding hydrogens is 298 g/mol. The summed E-state index contributed by atoms with van der Waals surface area (Å²) >= 11 is 6.22. The highest BCUT2D eigenvalue weighted by Gasteiger charge is 2.18. The number of alkyl halides is 1. The summed E-state index contributed by atoms with van der Waals surface area (Å²) in [4.78, 5) is 16.2. The minimum Gasteiger partial charge on any atom is -0.493 e. The Morgan fingerprint density at radius 2 is 1.91 bits per heavy atom. The number of hydrogen-bond acceptors (Lipinski definition) is 3. The Bertz CT molecular complexity index is 596. The molecule has 2 rings (SSSR count). The lowest BCUT2D eigenvalue weighted by Gasteiger charge is -2.11. The summed E-state index contributed by atoms with van der Waals surface area (Å²) in [6, 6.07) is 12.9. The zero-order valence-corrected chi connectivity index (χ0v) is 13.6. The molecule has 0 N–H and O–H groups in total. The van der Waals surface area contributed by atoms with E-state index in [4.69, 9.17) is 16.3 Å². The fourth-order valence-corrected chi connectivity index (χ4v) is 2.24. The normalized spacial score (nSPS) is 12.2. The Morgan fingerprint density at radius 3 is 2.50 bits per heavy atom. The average Bonchev–Trinajstić information content (AvgIpc) is 2.54. The van der Waals surface area contributed by atoms with Crippen LogP contribution in [-0.4, -0.2) is 22.8 Å². The van der Waals surface area contributed by atoms with Crippen molar-refractivity contribution in [1.82, 2.24) is 4.98 Å². The Kier molecular flexibility index (Phi) is 5.96. The van der Waals surface area contributed by atoms with Crippen molar-refractivity contribution in [3.8, 4) is 5.75 Å². The number of benzene rings is 1. The molecule has 0 bridgehead atoms. The van der Waals surface area contributed by atoms with Crippen molar-refractivity contribution in [2.75, 3.05) is 6.61 Å². The van der Waals surface area contributed by atoms with Gasteiger partial charge in [-0.25, -0.2) is 0 Å². The van der Waals surface area contributed by atoms with E-state index in [0.29, 0.717) is 24.6 Å². The molecule has 0 radical (unpaired) electrons. The third-order valence-electron chi connectivity index (χ3n) is 3.12. The van der Waals surface area contributed by atoms with Crippen molar-refractivity contribution in [2.45, 2.75) is 25.6 Å². The van der Waals surface area contributed by atoms with E-state index in [1.807, 2.05) is 24.3 Å². The van der Waals surface area contributed by atoms with E-state index >= 15 is 0 Å². The molecule has 0 fully saturated rings. The van der Waals surface area contributed by atoms with Crippen LogP contribution in [0.4, 0.5) is 0 Å². The second-order valence-electron chi connectivity index (χ2n) is 5.60. The van der Waals surface area contributed by atoms with E-state index < -0.39 is 5.38 Å². The van der Waals surface area contributed by atoms with Crippen molar-refractivity contribution >= 4 is 17.4 Å². The number of carbonyl (C=O) groups excluding carboxylic acids is 1. The molecule has 0 aliphatic heterocycles. The molecule has 0 saturated carbocycles. The van der Waals surface area contributed by atoms with E-state index in [-0.39, 0.29) is 5.78 Å². The van der Waals surface area contributed by atoms with Crippen LogP contribution in [0.3, 0.4) is 0 Å². The first-order valence-corrected chi connectivity index (χ1v) is 7.81. The monoisotopic (exact) mass is 317 g/mol. The topological polar surface area (TPSA) is 39.2 Å². The molecule has 1 heterocycles. The van der Waals surface area contributed by atoms with Crippen LogP contribution < -0.4 is 4.74 Å². The van der Waals surface area contributed by atoms with Crippen molar-refractivity contribution in [3.63, 3.8) is 0 Å². The summed E-state index contributed by atoms with van der Waals surface area (Å²) in [6.45, 7) is 4.90. The number of ketones is 1. The van der Waals surface area contributed by atoms with E-state index in [1.54, 1.807) is 24.4 Å². The minimum atomic E-state index is -0.614. The van der Waals surface area contributed by atoms with Gasteiger partial charge in [-0.3, -0.25) is 9.78 Å². The summed E-state index contributed by atoms with van der Waals surface area (Å²) < 4.78 is 5.63. The standard InChI is InChI=1S/C18H20ClNO2/c1-13(2)12-22-15-8-6-14(7-9-15)11-16(19)18(21)17-5-3-4-10-20-17/h3-10,13,16H,11-12H2,1-2H3. The molecule has 0 saturated heterocycles. The molecule has 0 spiro atoms. The highest BCUT2D eigenvalue weighted by atomic mass is 35.5. The van der Waals surface area contributed by atoms with Gasteiger partial charge in [-0.1, -0.05) is 32.0 Å². The first kappa shape index (κ1) is 16.5. The van der Waals surface area contributed by atoms with Crippen LogP contribution in [0.5, 0.6) is 5.75 Å². The molecule has 1 unspecified atom stereocenters. The maximum absolute atomic E-state index is 12.2. The van der Waals surface area contributed by atoms with Gasteiger partial charge in [-0.05, 0) is 42.2 Å². The van der Waals surface area contributed by atoms with Crippen molar-refractivity contribution in [2.24, 2.45) is 5.92 Å². The fraction of sp³-hybridized carbons (Fsp3) is 0.333. The van der Waals surface area contributed by atoms with Crippen molar-refractivity contribution < 1.29 is 9.53 Å². The highest BCUT2D eigenvalue weighted by molar-refractivity contribution is 6.33. The van der Waals surface area contributed by atoms with Crippen LogP contribution in [0.2, 0.25) is 0 Å².